The van der Waals surface area contributed by atoms with Gasteiger partial charge in [0, 0.05) is 5.56 Å². The van der Waals surface area contributed by atoms with Crippen molar-refractivity contribution in [2.75, 3.05) is 7.05 Å². The molecule has 2 nitrogen and oxygen atoms in total. The van der Waals surface area contributed by atoms with Crippen LogP contribution in [0.1, 0.15) is 34.8 Å². The molecule has 0 bridgehead atoms. The topological polar surface area (TPSA) is 29.1 Å². The van der Waals surface area contributed by atoms with E-state index in [1.165, 1.54) is 11.1 Å². The first-order valence-corrected chi connectivity index (χ1v) is 5.38. The minimum Gasteiger partial charge on any atom is -0.310 e. The molecule has 0 aromatic heterocycles. The van der Waals surface area contributed by atoms with Crippen molar-refractivity contribution in [3.05, 3.63) is 34.9 Å². The number of carbonyl (C=O) groups is 1. The van der Waals surface area contributed by atoms with Crippen LogP contribution < -0.4 is 5.32 Å². The van der Waals surface area contributed by atoms with Crippen LogP contribution in [-0.4, -0.2) is 18.9 Å². The van der Waals surface area contributed by atoms with Crippen LogP contribution in [0, 0.1) is 13.8 Å². The largest absolute Gasteiger partial charge is 0.310 e. The van der Waals surface area contributed by atoms with Crippen LogP contribution in [0.25, 0.3) is 0 Å². The first kappa shape index (κ1) is 11.9. The molecule has 0 spiro atoms. The Hall–Kier alpha value is -1.15. The predicted octanol–water partition coefficient (Wildman–Crippen LogP) is 2.48. The fourth-order valence-electron chi connectivity index (χ4n) is 1.62. The molecular formula is C13H19NO. The molecule has 1 atom stereocenters. The highest BCUT2D eigenvalue weighted by Crippen LogP contribution is 2.12. The van der Waals surface area contributed by atoms with Gasteiger partial charge in [0.1, 0.15) is 0 Å². The smallest absolute Gasteiger partial charge is 0.179 e. The van der Waals surface area contributed by atoms with Crippen LogP contribution in [0.4, 0.5) is 0 Å². The molecule has 15 heavy (non-hydrogen) atoms. The zero-order valence-electron chi connectivity index (χ0n) is 9.92. The van der Waals surface area contributed by atoms with Gasteiger partial charge < -0.3 is 5.32 Å². The van der Waals surface area contributed by atoms with E-state index in [1.807, 2.05) is 39.1 Å². The maximum atomic E-state index is 12.0. The number of hydrogen-bond donors (Lipinski definition) is 1. The molecule has 0 radical (unpaired) electrons. The Bertz CT molecular complexity index is 354. The molecule has 1 aromatic carbocycles. The fraction of sp³-hybridized carbons (Fsp3) is 0.462. The number of carbonyl (C=O) groups excluding carboxylic acids is 1. The predicted molar refractivity (Wildman–Crippen MR) is 63.4 cm³/mol. The van der Waals surface area contributed by atoms with Gasteiger partial charge in [0.05, 0.1) is 6.04 Å². The number of rotatable bonds is 4. The van der Waals surface area contributed by atoms with E-state index < -0.39 is 0 Å². The second-order valence-electron chi connectivity index (χ2n) is 3.91. The maximum absolute atomic E-state index is 12.0. The molecular weight excluding hydrogens is 186 g/mol. The van der Waals surface area contributed by atoms with Crippen molar-refractivity contribution in [1.29, 1.82) is 0 Å². The molecule has 0 aliphatic heterocycles. The van der Waals surface area contributed by atoms with Gasteiger partial charge in [-0.25, -0.2) is 0 Å². The molecule has 0 fully saturated rings. The number of likely N-dealkylation sites (N-methyl/N-ethyl adjacent to an activating group) is 1. The lowest BCUT2D eigenvalue weighted by atomic mass is 9.98. The highest BCUT2D eigenvalue weighted by Gasteiger charge is 2.16. The van der Waals surface area contributed by atoms with E-state index in [9.17, 15) is 4.79 Å². The van der Waals surface area contributed by atoms with E-state index in [0.717, 1.165) is 12.0 Å². The summed E-state index contributed by atoms with van der Waals surface area (Å²) in [6.45, 7) is 6.10. The third kappa shape index (κ3) is 2.66. The number of ketones is 1. The summed E-state index contributed by atoms with van der Waals surface area (Å²) in [6.07, 6.45) is 0.822. The summed E-state index contributed by atoms with van der Waals surface area (Å²) < 4.78 is 0. The average molecular weight is 205 g/mol. The average Bonchev–Trinajstić information content (AvgIpc) is 2.23. The lowest BCUT2D eigenvalue weighted by Gasteiger charge is -2.13. The molecule has 0 saturated heterocycles. The van der Waals surface area contributed by atoms with Gasteiger partial charge in [0.2, 0.25) is 0 Å². The number of hydrogen-bond acceptors (Lipinski definition) is 2. The van der Waals surface area contributed by atoms with Gasteiger partial charge in [-0.2, -0.15) is 0 Å². The van der Waals surface area contributed by atoms with Gasteiger partial charge in [0.25, 0.3) is 0 Å². The highest BCUT2D eigenvalue weighted by atomic mass is 16.1. The third-order valence-corrected chi connectivity index (χ3v) is 2.86. The van der Waals surface area contributed by atoms with Crippen molar-refractivity contribution in [2.24, 2.45) is 0 Å². The molecule has 0 aliphatic carbocycles. The molecule has 0 aliphatic rings. The molecule has 1 unspecified atom stereocenters. The van der Waals surface area contributed by atoms with Crippen LogP contribution in [-0.2, 0) is 0 Å². The van der Waals surface area contributed by atoms with Gasteiger partial charge in [-0.1, -0.05) is 19.1 Å². The second kappa shape index (κ2) is 5.08. The Kier molecular flexibility index (Phi) is 4.04. The van der Waals surface area contributed by atoms with E-state index in [1.54, 1.807) is 0 Å². The number of aryl methyl sites for hydroxylation is 2. The first-order valence-electron chi connectivity index (χ1n) is 5.38. The summed E-state index contributed by atoms with van der Waals surface area (Å²) in [5.41, 5.74) is 3.20. The van der Waals surface area contributed by atoms with Crippen molar-refractivity contribution in [3.63, 3.8) is 0 Å². The van der Waals surface area contributed by atoms with Gasteiger partial charge in [0.15, 0.2) is 5.78 Å². The molecule has 2 heteroatoms. The highest BCUT2D eigenvalue weighted by molar-refractivity contribution is 6.00. The van der Waals surface area contributed by atoms with Crippen molar-refractivity contribution in [1.82, 2.24) is 5.32 Å². The summed E-state index contributed by atoms with van der Waals surface area (Å²) in [5.74, 6) is 0.183. The standard InChI is InChI=1S/C13H19NO/c1-5-12(14-4)13(15)11-7-6-9(2)10(3)8-11/h6-8,12,14H,5H2,1-4H3. The Balaban J connectivity index is 2.96. The van der Waals surface area contributed by atoms with Crippen molar-refractivity contribution >= 4 is 5.78 Å². The first-order chi connectivity index (χ1) is 7.10. The van der Waals surface area contributed by atoms with Gasteiger partial charge in [-0.3, -0.25) is 4.79 Å². The van der Waals surface area contributed by atoms with E-state index in [4.69, 9.17) is 0 Å². The molecule has 82 valence electrons. The lowest BCUT2D eigenvalue weighted by molar-refractivity contribution is 0.0945. The minimum atomic E-state index is -0.0629. The quantitative estimate of drug-likeness (QED) is 0.765. The van der Waals surface area contributed by atoms with Crippen LogP contribution >= 0.6 is 0 Å². The van der Waals surface area contributed by atoms with Crippen molar-refractivity contribution in [3.8, 4) is 0 Å². The Morgan fingerprint density at radius 1 is 1.33 bits per heavy atom. The number of Topliss-reactive ketones (excluding diaryl/α,β-unsaturated/α-hetero) is 1. The number of benzene rings is 1. The van der Waals surface area contributed by atoms with Crippen LogP contribution in [0.3, 0.4) is 0 Å². The monoisotopic (exact) mass is 205 g/mol. The lowest BCUT2D eigenvalue weighted by Crippen LogP contribution is -2.33. The Morgan fingerprint density at radius 3 is 2.47 bits per heavy atom. The Morgan fingerprint density at radius 2 is 2.00 bits per heavy atom. The maximum Gasteiger partial charge on any atom is 0.179 e. The molecule has 1 rings (SSSR count). The zero-order valence-corrected chi connectivity index (χ0v) is 9.92. The zero-order chi connectivity index (χ0) is 11.4. The summed E-state index contributed by atoms with van der Waals surface area (Å²) >= 11 is 0. The summed E-state index contributed by atoms with van der Waals surface area (Å²) in [4.78, 5) is 12.0. The third-order valence-electron chi connectivity index (χ3n) is 2.86. The summed E-state index contributed by atoms with van der Waals surface area (Å²) in [5, 5.41) is 3.03. The van der Waals surface area contributed by atoms with Gasteiger partial charge in [-0.15, -0.1) is 0 Å². The van der Waals surface area contributed by atoms with E-state index in [-0.39, 0.29) is 11.8 Å². The fourth-order valence-corrected chi connectivity index (χ4v) is 1.62. The van der Waals surface area contributed by atoms with Crippen LogP contribution in [0.5, 0.6) is 0 Å². The van der Waals surface area contributed by atoms with E-state index in [2.05, 4.69) is 12.2 Å². The van der Waals surface area contributed by atoms with E-state index >= 15 is 0 Å². The minimum absolute atomic E-state index is 0.0629. The second-order valence-corrected chi connectivity index (χ2v) is 3.91. The van der Waals surface area contributed by atoms with Crippen molar-refractivity contribution < 1.29 is 4.79 Å². The van der Waals surface area contributed by atoms with Gasteiger partial charge >= 0.3 is 0 Å². The molecule has 1 N–H and O–H groups in total. The summed E-state index contributed by atoms with van der Waals surface area (Å²) in [7, 11) is 1.83. The SMILES string of the molecule is CCC(NC)C(=O)c1ccc(C)c(C)c1. The van der Waals surface area contributed by atoms with Gasteiger partial charge in [-0.05, 0) is 44.5 Å². The molecule has 0 saturated carbocycles. The number of nitrogens with one attached hydrogen (secondary N) is 1. The molecule has 0 heterocycles. The van der Waals surface area contributed by atoms with Crippen LogP contribution in [0.2, 0.25) is 0 Å². The summed E-state index contributed by atoms with van der Waals surface area (Å²) in [6, 6.07) is 5.82. The van der Waals surface area contributed by atoms with Crippen LogP contribution in [0.15, 0.2) is 18.2 Å². The molecule has 1 aromatic rings. The Labute approximate surface area is 91.7 Å². The van der Waals surface area contributed by atoms with Crippen molar-refractivity contribution in [2.45, 2.75) is 33.2 Å². The molecule has 0 amide bonds. The van der Waals surface area contributed by atoms with E-state index in [0.29, 0.717) is 0 Å². The normalized spacial score (nSPS) is 12.5.